The lowest BCUT2D eigenvalue weighted by atomic mass is 10.1. The largest absolute Gasteiger partial charge is 0.367 e. The summed E-state index contributed by atoms with van der Waals surface area (Å²) in [7, 11) is 0. The minimum Gasteiger partial charge on any atom is -0.367 e. The summed E-state index contributed by atoms with van der Waals surface area (Å²) in [5, 5.41) is 9.82. The van der Waals surface area contributed by atoms with E-state index in [1.165, 1.54) is 5.69 Å². The van der Waals surface area contributed by atoms with Gasteiger partial charge in [-0.15, -0.1) is 0 Å². The van der Waals surface area contributed by atoms with Crippen LogP contribution in [0.15, 0.2) is 24.5 Å². The standard InChI is InChI=1S/C17H19N5O/c18-7-1-2-15(23)22-11-10-21(12-17(22)5-6-17)14-4-9-20-16-13(14)3-8-19-16/h3-4,8-9H,1-2,5-6,10-12H2,(H,19,20). The van der Waals surface area contributed by atoms with Crippen molar-refractivity contribution in [1.82, 2.24) is 14.9 Å². The van der Waals surface area contributed by atoms with Crippen LogP contribution in [-0.4, -0.2) is 45.9 Å². The van der Waals surface area contributed by atoms with Crippen LogP contribution in [-0.2, 0) is 4.79 Å². The SMILES string of the molecule is N#CCCC(=O)N1CCN(c2ccnc3[nH]ccc23)CC12CC2. The Morgan fingerprint density at radius 1 is 1.39 bits per heavy atom. The highest BCUT2D eigenvalue weighted by Crippen LogP contribution is 2.46. The number of nitrogens with zero attached hydrogens (tertiary/aromatic N) is 4. The molecule has 2 aromatic heterocycles. The molecule has 0 atom stereocenters. The number of pyridine rings is 1. The van der Waals surface area contributed by atoms with Crippen molar-refractivity contribution in [3.05, 3.63) is 24.5 Å². The molecule has 118 valence electrons. The van der Waals surface area contributed by atoms with Crippen LogP contribution < -0.4 is 4.90 Å². The van der Waals surface area contributed by atoms with Crippen molar-refractivity contribution >= 4 is 22.6 Å². The molecule has 2 aromatic rings. The normalized spacial score (nSPS) is 19.1. The Hall–Kier alpha value is -2.55. The molecule has 2 aliphatic rings. The average molecular weight is 309 g/mol. The van der Waals surface area contributed by atoms with E-state index in [1.807, 2.05) is 17.3 Å². The summed E-state index contributed by atoms with van der Waals surface area (Å²) in [5.41, 5.74) is 2.07. The van der Waals surface area contributed by atoms with E-state index in [0.717, 1.165) is 43.5 Å². The fourth-order valence-electron chi connectivity index (χ4n) is 3.66. The third kappa shape index (κ3) is 2.33. The third-order valence-corrected chi connectivity index (χ3v) is 5.01. The van der Waals surface area contributed by atoms with Gasteiger partial charge in [0.1, 0.15) is 5.65 Å². The van der Waals surface area contributed by atoms with E-state index in [1.54, 1.807) is 0 Å². The van der Waals surface area contributed by atoms with Gasteiger partial charge < -0.3 is 14.8 Å². The van der Waals surface area contributed by atoms with Gasteiger partial charge in [-0.05, 0) is 25.0 Å². The number of aromatic amines is 1. The second kappa shape index (κ2) is 5.27. The molecule has 0 radical (unpaired) electrons. The van der Waals surface area contributed by atoms with Gasteiger partial charge in [0.25, 0.3) is 0 Å². The average Bonchev–Trinajstić information content (AvgIpc) is 3.15. The Kier molecular flexibility index (Phi) is 3.22. The van der Waals surface area contributed by atoms with Crippen molar-refractivity contribution in [1.29, 1.82) is 5.26 Å². The number of rotatable bonds is 3. The molecule has 3 heterocycles. The van der Waals surface area contributed by atoms with Crippen LogP contribution >= 0.6 is 0 Å². The number of carbonyl (C=O) groups excluding carboxylic acids is 1. The molecule has 1 aliphatic carbocycles. The maximum absolute atomic E-state index is 12.4. The predicted molar refractivity (Wildman–Crippen MR) is 86.8 cm³/mol. The fraction of sp³-hybridized carbons (Fsp3) is 0.471. The Morgan fingerprint density at radius 3 is 3.04 bits per heavy atom. The number of hydrogen-bond acceptors (Lipinski definition) is 4. The number of anilines is 1. The molecule has 1 N–H and O–H groups in total. The van der Waals surface area contributed by atoms with Gasteiger partial charge in [0.15, 0.2) is 0 Å². The number of hydrogen-bond donors (Lipinski definition) is 1. The molecule has 1 amide bonds. The molecule has 6 nitrogen and oxygen atoms in total. The van der Waals surface area contributed by atoms with Crippen molar-refractivity contribution in [2.75, 3.05) is 24.5 Å². The Balaban J connectivity index is 1.56. The Morgan fingerprint density at radius 2 is 2.26 bits per heavy atom. The molecular weight excluding hydrogens is 290 g/mol. The highest BCUT2D eigenvalue weighted by molar-refractivity contribution is 5.90. The second-order valence-corrected chi connectivity index (χ2v) is 6.42. The smallest absolute Gasteiger partial charge is 0.224 e. The van der Waals surface area contributed by atoms with E-state index in [2.05, 4.69) is 33.1 Å². The van der Waals surface area contributed by atoms with Gasteiger partial charge in [-0.25, -0.2) is 4.98 Å². The van der Waals surface area contributed by atoms with E-state index < -0.39 is 0 Å². The number of fused-ring (bicyclic) bond motifs is 1. The van der Waals surface area contributed by atoms with Gasteiger partial charge >= 0.3 is 0 Å². The summed E-state index contributed by atoms with van der Waals surface area (Å²) in [5.74, 6) is 0.130. The van der Waals surface area contributed by atoms with Gasteiger partial charge in [-0.3, -0.25) is 4.79 Å². The zero-order valence-electron chi connectivity index (χ0n) is 13.0. The molecule has 1 aliphatic heterocycles. The van der Waals surface area contributed by atoms with Crippen LogP contribution in [0.1, 0.15) is 25.7 Å². The van der Waals surface area contributed by atoms with Crippen LogP contribution in [0.4, 0.5) is 5.69 Å². The van der Waals surface area contributed by atoms with Crippen molar-refractivity contribution < 1.29 is 4.79 Å². The number of nitriles is 1. The Labute approximate surface area is 134 Å². The first-order chi connectivity index (χ1) is 11.2. The van der Waals surface area contributed by atoms with Gasteiger partial charge in [-0.2, -0.15) is 5.26 Å². The molecule has 0 aromatic carbocycles. The molecule has 4 rings (SSSR count). The first kappa shape index (κ1) is 14.1. The molecule has 23 heavy (non-hydrogen) atoms. The first-order valence-electron chi connectivity index (χ1n) is 8.08. The summed E-state index contributed by atoms with van der Waals surface area (Å²) in [6.07, 6.45) is 6.51. The van der Waals surface area contributed by atoms with Crippen LogP contribution in [0.2, 0.25) is 0 Å². The van der Waals surface area contributed by atoms with Crippen LogP contribution in [0, 0.1) is 11.3 Å². The van der Waals surface area contributed by atoms with Gasteiger partial charge in [0, 0.05) is 55.9 Å². The minimum absolute atomic E-state index is 0.0172. The zero-order valence-corrected chi connectivity index (χ0v) is 13.0. The monoisotopic (exact) mass is 309 g/mol. The molecular formula is C17H19N5O. The molecule has 1 saturated carbocycles. The number of nitrogens with one attached hydrogen (secondary N) is 1. The van der Waals surface area contributed by atoms with Gasteiger partial charge in [-0.1, -0.05) is 0 Å². The molecule has 2 fully saturated rings. The third-order valence-electron chi connectivity index (χ3n) is 5.01. The maximum Gasteiger partial charge on any atom is 0.224 e. The molecule has 0 unspecified atom stereocenters. The maximum atomic E-state index is 12.4. The fourth-order valence-corrected chi connectivity index (χ4v) is 3.66. The first-order valence-corrected chi connectivity index (χ1v) is 8.08. The van der Waals surface area contributed by atoms with E-state index in [-0.39, 0.29) is 11.4 Å². The molecule has 1 saturated heterocycles. The summed E-state index contributed by atoms with van der Waals surface area (Å²) < 4.78 is 0. The van der Waals surface area contributed by atoms with Gasteiger partial charge in [0.2, 0.25) is 5.91 Å². The van der Waals surface area contributed by atoms with Crippen molar-refractivity contribution in [2.45, 2.75) is 31.2 Å². The minimum atomic E-state index is -0.0172. The number of carbonyl (C=O) groups is 1. The second-order valence-electron chi connectivity index (χ2n) is 6.42. The number of amides is 1. The molecule has 6 heteroatoms. The van der Waals surface area contributed by atoms with E-state index >= 15 is 0 Å². The Bertz CT molecular complexity index is 786. The lowest BCUT2D eigenvalue weighted by Crippen LogP contribution is -2.57. The highest BCUT2D eigenvalue weighted by Gasteiger charge is 2.53. The zero-order chi connectivity index (χ0) is 15.9. The molecule has 1 spiro atoms. The summed E-state index contributed by atoms with van der Waals surface area (Å²) >= 11 is 0. The summed E-state index contributed by atoms with van der Waals surface area (Å²) in [4.78, 5) is 24.3. The van der Waals surface area contributed by atoms with E-state index in [9.17, 15) is 4.79 Å². The number of aromatic nitrogens is 2. The van der Waals surface area contributed by atoms with Crippen LogP contribution in [0.25, 0.3) is 11.0 Å². The lowest BCUT2D eigenvalue weighted by molar-refractivity contribution is -0.134. The summed E-state index contributed by atoms with van der Waals surface area (Å²) in [6.45, 7) is 2.43. The quantitative estimate of drug-likeness (QED) is 0.941. The lowest BCUT2D eigenvalue weighted by Gasteiger charge is -2.43. The van der Waals surface area contributed by atoms with Crippen LogP contribution in [0.3, 0.4) is 0 Å². The van der Waals surface area contributed by atoms with Crippen LogP contribution in [0.5, 0.6) is 0 Å². The van der Waals surface area contributed by atoms with Crippen molar-refractivity contribution in [3.8, 4) is 6.07 Å². The molecule has 0 bridgehead atoms. The predicted octanol–water partition coefficient (Wildman–Crippen LogP) is 2.05. The van der Waals surface area contributed by atoms with E-state index in [0.29, 0.717) is 12.8 Å². The summed E-state index contributed by atoms with van der Waals surface area (Å²) in [6, 6.07) is 6.18. The number of H-pyrrole nitrogens is 1. The van der Waals surface area contributed by atoms with Gasteiger partial charge in [0.05, 0.1) is 11.6 Å². The number of piperazine rings is 1. The highest BCUT2D eigenvalue weighted by atomic mass is 16.2. The topological polar surface area (TPSA) is 76.0 Å². The van der Waals surface area contributed by atoms with Crippen molar-refractivity contribution in [3.63, 3.8) is 0 Å². The van der Waals surface area contributed by atoms with Crippen molar-refractivity contribution in [2.24, 2.45) is 0 Å². The van der Waals surface area contributed by atoms with E-state index in [4.69, 9.17) is 5.26 Å².